The van der Waals surface area contributed by atoms with Gasteiger partial charge in [0.25, 0.3) is 0 Å². The van der Waals surface area contributed by atoms with Gasteiger partial charge in [-0.25, -0.2) is 0 Å². The van der Waals surface area contributed by atoms with Crippen molar-refractivity contribution in [3.8, 4) is 0 Å². The van der Waals surface area contributed by atoms with Crippen molar-refractivity contribution < 1.29 is 14.4 Å². The molecule has 1 aliphatic carbocycles. The third-order valence-electron chi connectivity index (χ3n) is 6.89. The Kier molecular flexibility index (Phi) is 5.26. The third kappa shape index (κ3) is 3.47. The number of likely N-dealkylation sites (tertiary alicyclic amines) is 2. The van der Waals surface area contributed by atoms with Crippen LogP contribution >= 0.6 is 0 Å². The van der Waals surface area contributed by atoms with E-state index in [9.17, 15) is 14.4 Å². The largest absolute Gasteiger partial charge is 0.331 e. The Morgan fingerprint density at radius 1 is 1.00 bits per heavy atom. The van der Waals surface area contributed by atoms with E-state index < -0.39 is 0 Å². The van der Waals surface area contributed by atoms with E-state index in [0.717, 1.165) is 44.8 Å². The van der Waals surface area contributed by atoms with Crippen LogP contribution in [-0.4, -0.2) is 53.1 Å². The molecule has 0 aromatic heterocycles. The Balaban J connectivity index is 1.40. The molecular weight excluding hydrogens is 352 g/mol. The lowest BCUT2D eigenvalue weighted by Crippen LogP contribution is -2.49. The van der Waals surface area contributed by atoms with Crippen LogP contribution in [0, 0.1) is 19.8 Å². The average molecular weight is 383 g/mol. The molecule has 0 spiro atoms. The molecule has 5 nitrogen and oxygen atoms in total. The molecule has 1 aromatic carbocycles. The van der Waals surface area contributed by atoms with Crippen LogP contribution in [0.15, 0.2) is 12.1 Å². The molecule has 0 bridgehead atoms. The van der Waals surface area contributed by atoms with Crippen molar-refractivity contribution in [1.29, 1.82) is 0 Å². The molecule has 150 valence electrons. The number of aldehydes is 1. The lowest BCUT2D eigenvalue weighted by atomic mass is 10.0. The minimum absolute atomic E-state index is 0.0265. The number of rotatable bonds is 4. The van der Waals surface area contributed by atoms with Crippen LogP contribution in [0.25, 0.3) is 0 Å². The Bertz CT molecular complexity index is 772. The van der Waals surface area contributed by atoms with Crippen molar-refractivity contribution in [1.82, 2.24) is 9.80 Å². The molecule has 2 amide bonds. The maximum Gasteiger partial charge on any atom is 0.245 e. The number of benzene rings is 1. The molecule has 4 rings (SSSR count). The van der Waals surface area contributed by atoms with E-state index in [2.05, 4.69) is 26.0 Å². The van der Waals surface area contributed by atoms with Crippen LogP contribution in [0.4, 0.5) is 0 Å². The van der Waals surface area contributed by atoms with Crippen molar-refractivity contribution in [2.24, 2.45) is 5.92 Å². The predicted molar refractivity (Wildman–Crippen MR) is 107 cm³/mol. The second kappa shape index (κ2) is 7.69. The van der Waals surface area contributed by atoms with E-state index in [1.54, 1.807) is 9.80 Å². The second-order valence-corrected chi connectivity index (χ2v) is 8.81. The molecule has 2 atom stereocenters. The van der Waals surface area contributed by atoms with Gasteiger partial charge in [0.2, 0.25) is 11.8 Å². The number of carbonyl (C=O) groups is 3. The van der Waals surface area contributed by atoms with Crippen LogP contribution in [0.3, 0.4) is 0 Å². The molecule has 2 heterocycles. The monoisotopic (exact) mass is 382 g/mol. The van der Waals surface area contributed by atoms with E-state index in [1.807, 2.05) is 0 Å². The molecule has 1 aromatic rings. The van der Waals surface area contributed by atoms with Crippen LogP contribution in [0.2, 0.25) is 0 Å². The number of carbonyl (C=O) groups excluding carboxylic acids is 3. The first-order chi connectivity index (χ1) is 13.5. The standard InChI is InChI=1S/C23H30N2O3/c1-15-9-18-11-17(12-19(18)10-16(15)2)13-22(27)25-8-4-6-21(25)23(28)24-7-3-5-20(24)14-26/h9-10,14,17,20-21H,3-8,11-13H2,1-2H3/t20-,21-/m0/s1. The van der Waals surface area contributed by atoms with Gasteiger partial charge in [-0.2, -0.15) is 0 Å². The SMILES string of the molecule is Cc1cc2c(cc1C)CC(CC(=O)N1CCC[C@H]1C(=O)N1CCC[C@H]1C=O)C2. The molecule has 0 unspecified atom stereocenters. The quantitative estimate of drug-likeness (QED) is 0.752. The normalized spacial score (nSPS) is 24.6. The highest BCUT2D eigenvalue weighted by atomic mass is 16.2. The Labute approximate surface area is 167 Å². The zero-order valence-electron chi connectivity index (χ0n) is 16.9. The molecule has 28 heavy (non-hydrogen) atoms. The van der Waals surface area contributed by atoms with Crippen LogP contribution in [0.5, 0.6) is 0 Å². The fourth-order valence-corrected chi connectivity index (χ4v) is 5.24. The lowest BCUT2D eigenvalue weighted by molar-refractivity contribution is -0.145. The van der Waals surface area contributed by atoms with Gasteiger partial charge < -0.3 is 14.6 Å². The number of aryl methyl sites for hydroxylation is 2. The summed E-state index contributed by atoms with van der Waals surface area (Å²) in [6.45, 7) is 5.57. The molecule has 3 aliphatic rings. The van der Waals surface area contributed by atoms with Crippen molar-refractivity contribution in [3.05, 3.63) is 34.4 Å². The topological polar surface area (TPSA) is 57.7 Å². The highest BCUT2D eigenvalue weighted by molar-refractivity contribution is 5.90. The van der Waals surface area contributed by atoms with E-state index in [0.29, 0.717) is 25.4 Å². The summed E-state index contributed by atoms with van der Waals surface area (Å²) in [6.07, 6.45) is 6.49. The summed E-state index contributed by atoms with van der Waals surface area (Å²) >= 11 is 0. The molecule has 2 aliphatic heterocycles. The highest BCUT2D eigenvalue weighted by Gasteiger charge is 2.40. The number of nitrogens with zero attached hydrogens (tertiary/aromatic N) is 2. The first-order valence-electron chi connectivity index (χ1n) is 10.6. The van der Waals surface area contributed by atoms with Gasteiger partial charge >= 0.3 is 0 Å². The second-order valence-electron chi connectivity index (χ2n) is 8.81. The van der Waals surface area contributed by atoms with E-state index in [4.69, 9.17) is 0 Å². The first kappa shape index (κ1) is 19.2. The van der Waals surface area contributed by atoms with Gasteiger partial charge in [0.1, 0.15) is 12.3 Å². The highest BCUT2D eigenvalue weighted by Crippen LogP contribution is 2.32. The minimum Gasteiger partial charge on any atom is -0.331 e. The number of hydrogen-bond acceptors (Lipinski definition) is 3. The zero-order valence-corrected chi connectivity index (χ0v) is 16.9. The molecule has 0 radical (unpaired) electrons. The average Bonchev–Trinajstić information content (AvgIpc) is 3.40. The molecule has 0 N–H and O–H groups in total. The van der Waals surface area contributed by atoms with Crippen LogP contribution < -0.4 is 0 Å². The maximum atomic E-state index is 13.1. The summed E-state index contributed by atoms with van der Waals surface area (Å²) in [7, 11) is 0. The minimum atomic E-state index is -0.374. The van der Waals surface area contributed by atoms with Crippen molar-refractivity contribution in [3.63, 3.8) is 0 Å². The molecule has 2 saturated heterocycles. The Morgan fingerprint density at radius 3 is 2.25 bits per heavy atom. The zero-order chi connectivity index (χ0) is 19.8. The van der Waals surface area contributed by atoms with E-state index in [-0.39, 0.29) is 23.9 Å². The fourth-order valence-electron chi connectivity index (χ4n) is 5.24. The van der Waals surface area contributed by atoms with Gasteiger partial charge in [0, 0.05) is 19.5 Å². The number of amides is 2. The smallest absolute Gasteiger partial charge is 0.245 e. The van der Waals surface area contributed by atoms with E-state index >= 15 is 0 Å². The summed E-state index contributed by atoms with van der Waals surface area (Å²) in [5, 5.41) is 0. The number of fused-ring (bicyclic) bond motifs is 1. The number of hydrogen-bond donors (Lipinski definition) is 0. The van der Waals surface area contributed by atoms with Crippen molar-refractivity contribution in [2.45, 2.75) is 70.9 Å². The third-order valence-corrected chi connectivity index (χ3v) is 6.89. The van der Waals surface area contributed by atoms with Gasteiger partial charge in [0.05, 0.1) is 6.04 Å². The van der Waals surface area contributed by atoms with Gasteiger partial charge in [-0.05, 0) is 80.5 Å². The Hall–Kier alpha value is -2.17. The first-order valence-corrected chi connectivity index (χ1v) is 10.6. The van der Waals surface area contributed by atoms with Gasteiger partial charge in [0.15, 0.2) is 0 Å². The molecular formula is C23H30N2O3. The summed E-state index contributed by atoms with van der Waals surface area (Å²) in [4.78, 5) is 40.8. The molecule has 5 heteroatoms. The van der Waals surface area contributed by atoms with Gasteiger partial charge in [-0.1, -0.05) is 12.1 Å². The lowest BCUT2D eigenvalue weighted by Gasteiger charge is -2.30. The van der Waals surface area contributed by atoms with Gasteiger partial charge in [-0.3, -0.25) is 9.59 Å². The van der Waals surface area contributed by atoms with Crippen LogP contribution in [0.1, 0.15) is 54.4 Å². The van der Waals surface area contributed by atoms with E-state index in [1.165, 1.54) is 22.3 Å². The summed E-state index contributed by atoms with van der Waals surface area (Å²) in [5.41, 5.74) is 5.37. The summed E-state index contributed by atoms with van der Waals surface area (Å²) in [6, 6.07) is 3.86. The van der Waals surface area contributed by atoms with Crippen molar-refractivity contribution >= 4 is 18.1 Å². The Morgan fingerprint density at radius 2 is 1.61 bits per heavy atom. The summed E-state index contributed by atoms with van der Waals surface area (Å²) < 4.78 is 0. The maximum absolute atomic E-state index is 13.1. The fraction of sp³-hybridized carbons (Fsp3) is 0.609. The van der Waals surface area contributed by atoms with Gasteiger partial charge in [-0.15, -0.1) is 0 Å². The predicted octanol–water partition coefficient (Wildman–Crippen LogP) is 2.59. The summed E-state index contributed by atoms with van der Waals surface area (Å²) in [5.74, 6) is 0.403. The molecule has 2 fully saturated rings. The van der Waals surface area contributed by atoms with Crippen LogP contribution in [-0.2, 0) is 27.2 Å². The molecule has 0 saturated carbocycles. The van der Waals surface area contributed by atoms with Crippen molar-refractivity contribution in [2.75, 3.05) is 13.1 Å².